The molecule has 0 spiro atoms. The molecule has 1 aliphatic heterocycles. The van der Waals surface area contributed by atoms with Gasteiger partial charge in [-0.3, -0.25) is 4.99 Å². The number of guanidine groups is 1. The van der Waals surface area contributed by atoms with Crippen molar-refractivity contribution in [1.82, 2.24) is 15.5 Å². The Bertz CT molecular complexity index is 494. The van der Waals surface area contributed by atoms with Crippen LogP contribution >= 0.6 is 0 Å². The predicted molar refractivity (Wildman–Crippen MR) is 110 cm³/mol. The van der Waals surface area contributed by atoms with Crippen LogP contribution in [0, 0.1) is 11.3 Å². The highest BCUT2D eigenvalue weighted by Crippen LogP contribution is 2.21. The fraction of sp³-hybridized carbons (Fsp3) is 0.900. The van der Waals surface area contributed by atoms with Crippen LogP contribution in [-0.4, -0.2) is 69.0 Å². The van der Waals surface area contributed by atoms with Gasteiger partial charge in [0.1, 0.15) is 5.60 Å². The van der Waals surface area contributed by atoms with Gasteiger partial charge in [-0.2, -0.15) is 0 Å². The van der Waals surface area contributed by atoms with E-state index in [1.165, 1.54) is 0 Å². The molecule has 1 amide bonds. The number of nitrogens with one attached hydrogen (secondary N) is 2. The molecule has 0 saturated carbocycles. The molecule has 0 aromatic carbocycles. The fourth-order valence-electron chi connectivity index (χ4n) is 3.12. The van der Waals surface area contributed by atoms with Crippen LogP contribution in [0.4, 0.5) is 4.79 Å². The van der Waals surface area contributed by atoms with Gasteiger partial charge >= 0.3 is 6.09 Å². The van der Waals surface area contributed by atoms with Crippen molar-refractivity contribution in [2.24, 2.45) is 16.3 Å². The lowest BCUT2D eigenvalue weighted by Crippen LogP contribution is -2.49. The Labute approximate surface area is 165 Å². The lowest BCUT2D eigenvalue weighted by molar-refractivity contribution is 0.0167. The summed E-state index contributed by atoms with van der Waals surface area (Å²) in [7, 11) is 3.50. The molecule has 1 saturated heterocycles. The lowest BCUT2D eigenvalue weighted by Gasteiger charge is -2.34. The highest BCUT2D eigenvalue weighted by molar-refractivity contribution is 5.79. The SMILES string of the molecule is CN=C(NCC1CCCN(C(=O)OC(C)(C)C)C1)NCC(OC)C(C)(C)C. The van der Waals surface area contributed by atoms with Crippen molar-refractivity contribution in [3.8, 4) is 0 Å². The molecule has 1 fully saturated rings. The summed E-state index contributed by atoms with van der Waals surface area (Å²) >= 11 is 0. The molecule has 2 N–H and O–H groups in total. The lowest BCUT2D eigenvalue weighted by atomic mass is 9.89. The van der Waals surface area contributed by atoms with Gasteiger partial charge in [0.2, 0.25) is 0 Å². The number of ether oxygens (including phenoxy) is 2. The first kappa shape index (κ1) is 23.5. The maximum Gasteiger partial charge on any atom is 0.410 e. The first-order valence-corrected chi connectivity index (χ1v) is 9.91. The Morgan fingerprint density at radius 3 is 2.41 bits per heavy atom. The van der Waals surface area contributed by atoms with Gasteiger partial charge in [0.15, 0.2) is 5.96 Å². The molecule has 7 nitrogen and oxygen atoms in total. The fourth-order valence-corrected chi connectivity index (χ4v) is 3.12. The number of carbonyl (C=O) groups is 1. The van der Waals surface area contributed by atoms with Gasteiger partial charge < -0.3 is 25.0 Å². The van der Waals surface area contributed by atoms with Crippen molar-refractivity contribution >= 4 is 12.1 Å². The van der Waals surface area contributed by atoms with E-state index in [0.717, 1.165) is 31.9 Å². The van der Waals surface area contributed by atoms with Gasteiger partial charge in [-0.1, -0.05) is 20.8 Å². The monoisotopic (exact) mass is 384 g/mol. The predicted octanol–water partition coefficient (Wildman–Crippen LogP) is 2.86. The van der Waals surface area contributed by atoms with Crippen LogP contribution in [-0.2, 0) is 9.47 Å². The Hall–Kier alpha value is -1.50. The largest absolute Gasteiger partial charge is 0.444 e. The highest BCUT2D eigenvalue weighted by atomic mass is 16.6. The van der Waals surface area contributed by atoms with Crippen LogP contribution in [0.15, 0.2) is 4.99 Å². The zero-order valence-corrected chi connectivity index (χ0v) is 18.5. The zero-order valence-electron chi connectivity index (χ0n) is 18.5. The number of hydrogen-bond acceptors (Lipinski definition) is 4. The number of hydrogen-bond donors (Lipinski definition) is 2. The maximum absolute atomic E-state index is 12.3. The first-order valence-electron chi connectivity index (χ1n) is 9.91. The minimum Gasteiger partial charge on any atom is -0.444 e. The molecular formula is C20H40N4O3. The highest BCUT2D eigenvalue weighted by Gasteiger charge is 2.28. The molecule has 0 bridgehead atoms. The van der Waals surface area contributed by atoms with Crippen molar-refractivity contribution in [1.29, 1.82) is 0 Å². The maximum atomic E-state index is 12.3. The van der Waals surface area contributed by atoms with E-state index in [4.69, 9.17) is 9.47 Å². The van der Waals surface area contributed by atoms with Crippen LogP contribution in [0.25, 0.3) is 0 Å². The Kier molecular flexibility index (Phi) is 8.85. The van der Waals surface area contributed by atoms with Gasteiger partial charge in [-0.15, -0.1) is 0 Å². The number of methoxy groups -OCH3 is 1. The van der Waals surface area contributed by atoms with E-state index >= 15 is 0 Å². The quantitative estimate of drug-likeness (QED) is 0.563. The Morgan fingerprint density at radius 1 is 1.22 bits per heavy atom. The molecule has 2 atom stereocenters. The van der Waals surface area contributed by atoms with E-state index < -0.39 is 5.60 Å². The third-order valence-corrected chi connectivity index (χ3v) is 4.66. The van der Waals surface area contributed by atoms with Crippen LogP contribution in [0.5, 0.6) is 0 Å². The molecule has 27 heavy (non-hydrogen) atoms. The zero-order chi connectivity index (χ0) is 20.7. The van der Waals surface area contributed by atoms with Gasteiger partial charge in [-0.25, -0.2) is 4.79 Å². The van der Waals surface area contributed by atoms with E-state index in [1.54, 1.807) is 14.2 Å². The second kappa shape index (κ2) is 10.2. The molecule has 1 rings (SSSR count). The van der Waals surface area contributed by atoms with Gasteiger partial charge in [0.25, 0.3) is 0 Å². The van der Waals surface area contributed by atoms with Crippen LogP contribution in [0.2, 0.25) is 0 Å². The Balaban J connectivity index is 2.47. The van der Waals surface area contributed by atoms with Crippen LogP contribution < -0.4 is 10.6 Å². The summed E-state index contributed by atoms with van der Waals surface area (Å²) in [6.07, 6.45) is 1.95. The summed E-state index contributed by atoms with van der Waals surface area (Å²) in [5.41, 5.74) is -0.406. The average Bonchev–Trinajstić information content (AvgIpc) is 2.55. The second-order valence-corrected chi connectivity index (χ2v) is 9.36. The Morgan fingerprint density at radius 2 is 1.89 bits per heavy atom. The normalized spacial score (nSPS) is 20.2. The van der Waals surface area contributed by atoms with Crippen molar-refractivity contribution in [3.63, 3.8) is 0 Å². The molecular weight excluding hydrogens is 344 g/mol. The van der Waals surface area contributed by atoms with Gasteiger partial charge in [-0.05, 0) is 44.9 Å². The summed E-state index contributed by atoms with van der Waals surface area (Å²) in [6, 6.07) is 0. The minimum absolute atomic E-state index is 0.0535. The summed E-state index contributed by atoms with van der Waals surface area (Å²) in [6.45, 7) is 15.1. The third-order valence-electron chi connectivity index (χ3n) is 4.66. The van der Waals surface area contributed by atoms with Gasteiger partial charge in [0.05, 0.1) is 6.10 Å². The van der Waals surface area contributed by atoms with Crippen LogP contribution in [0.3, 0.4) is 0 Å². The molecule has 0 aliphatic carbocycles. The van der Waals surface area contributed by atoms with Crippen LogP contribution in [0.1, 0.15) is 54.4 Å². The van der Waals surface area contributed by atoms with E-state index in [0.29, 0.717) is 19.0 Å². The topological polar surface area (TPSA) is 75.2 Å². The first-order chi connectivity index (χ1) is 12.5. The smallest absolute Gasteiger partial charge is 0.410 e. The van der Waals surface area contributed by atoms with Crippen molar-refractivity contribution in [2.75, 3.05) is 40.3 Å². The summed E-state index contributed by atoms with van der Waals surface area (Å²) in [5, 5.41) is 6.72. The van der Waals surface area contributed by atoms with Crippen molar-refractivity contribution in [3.05, 3.63) is 0 Å². The number of piperidine rings is 1. The molecule has 7 heteroatoms. The summed E-state index contributed by atoms with van der Waals surface area (Å²) < 4.78 is 11.1. The molecule has 2 unspecified atom stereocenters. The molecule has 0 aromatic rings. The van der Waals surface area contributed by atoms with E-state index in [1.807, 2.05) is 25.7 Å². The average molecular weight is 385 g/mol. The standard InChI is InChI=1S/C20H40N4O3/c1-19(2,3)16(26-8)13-23-17(21-7)22-12-15-10-9-11-24(14-15)18(25)27-20(4,5)6/h15-16H,9-14H2,1-8H3,(H2,21,22,23). The molecule has 0 aromatic heterocycles. The number of aliphatic imine (C=N–C) groups is 1. The van der Waals surface area contributed by atoms with E-state index in [9.17, 15) is 4.79 Å². The number of amides is 1. The van der Waals surface area contributed by atoms with E-state index in [-0.39, 0.29) is 17.6 Å². The molecule has 1 aliphatic rings. The van der Waals surface area contributed by atoms with Crippen molar-refractivity contribution < 1.29 is 14.3 Å². The second-order valence-electron chi connectivity index (χ2n) is 9.36. The number of carbonyl (C=O) groups excluding carboxylic acids is 1. The van der Waals surface area contributed by atoms with Gasteiger partial charge in [0, 0.05) is 40.3 Å². The summed E-state index contributed by atoms with van der Waals surface area (Å²) in [5.74, 6) is 1.14. The number of nitrogens with zero attached hydrogens (tertiary/aromatic N) is 2. The molecule has 1 heterocycles. The van der Waals surface area contributed by atoms with E-state index in [2.05, 4.69) is 36.4 Å². The number of rotatable bonds is 5. The minimum atomic E-state index is -0.459. The summed E-state index contributed by atoms with van der Waals surface area (Å²) in [4.78, 5) is 18.4. The number of likely N-dealkylation sites (tertiary alicyclic amines) is 1. The van der Waals surface area contributed by atoms with Crippen molar-refractivity contribution in [2.45, 2.75) is 66.1 Å². The molecule has 158 valence electrons. The third kappa shape index (κ3) is 8.82. The molecule has 0 radical (unpaired) electrons.